The Labute approximate surface area is 157 Å². The van der Waals surface area contributed by atoms with Crippen LogP contribution in [0.25, 0.3) is 22.2 Å². The molecule has 1 N–H and O–H groups in total. The molecule has 0 aliphatic carbocycles. The van der Waals surface area contributed by atoms with Gasteiger partial charge in [-0.1, -0.05) is 42.0 Å². The minimum Gasteiger partial charge on any atom is -0.322 e. The van der Waals surface area contributed by atoms with Gasteiger partial charge in [-0.15, -0.1) is 0 Å². The average molecular weight is 353 g/mol. The topological polar surface area (TPSA) is 54.9 Å². The zero-order valence-electron chi connectivity index (χ0n) is 15.2. The number of benzene rings is 2. The fraction of sp³-hybridized carbons (Fsp3) is 0.0870. The van der Waals surface area contributed by atoms with E-state index in [1.54, 1.807) is 24.5 Å². The molecule has 0 unspecified atom stereocenters. The highest BCUT2D eigenvalue weighted by molar-refractivity contribution is 6.13. The van der Waals surface area contributed by atoms with E-state index in [-0.39, 0.29) is 5.91 Å². The number of carbonyl (C=O) groups is 1. The van der Waals surface area contributed by atoms with Crippen molar-refractivity contribution in [1.29, 1.82) is 0 Å². The number of amides is 1. The lowest BCUT2D eigenvalue weighted by Gasteiger charge is -2.12. The largest absolute Gasteiger partial charge is 0.322 e. The molecule has 0 radical (unpaired) electrons. The summed E-state index contributed by atoms with van der Waals surface area (Å²) < 4.78 is 0. The number of nitrogens with zero attached hydrogens (tertiary/aromatic N) is 2. The molecule has 4 heteroatoms. The maximum absolute atomic E-state index is 13.0. The number of hydrogen-bond acceptors (Lipinski definition) is 3. The number of aromatic nitrogens is 2. The number of nitrogens with one attached hydrogen (secondary N) is 1. The van der Waals surface area contributed by atoms with Crippen LogP contribution >= 0.6 is 0 Å². The van der Waals surface area contributed by atoms with Gasteiger partial charge in [0.25, 0.3) is 5.91 Å². The van der Waals surface area contributed by atoms with Crippen molar-refractivity contribution in [3.63, 3.8) is 0 Å². The van der Waals surface area contributed by atoms with Crippen molar-refractivity contribution < 1.29 is 4.79 Å². The number of hydrogen-bond donors (Lipinski definition) is 1. The monoisotopic (exact) mass is 353 g/mol. The molecule has 0 bridgehead atoms. The van der Waals surface area contributed by atoms with Gasteiger partial charge in [0.1, 0.15) is 0 Å². The maximum Gasteiger partial charge on any atom is 0.256 e. The molecule has 4 nitrogen and oxygen atoms in total. The van der Waals surface area contributed by atoms with Crippen molar-refractivity contribution in [2.45, 2.75) is 13.8 Å². The number of aryl methyl sites for hydroxylation is 2. The van der Waals surface area contributed by atoms with Crippen molar-refractivity contribution in [3.05, 3.63) is 89.7 Å². The SMILES string of the molecule is Cc1ccc(-c2cc(C(=O)Nc3ccncc3)c3ccccc3n2)c(C)c1. The molecular weight excluding hydrogens is 334 g/mol. The van der Waals surface area contributed by atoms with E-state index in [1.165, 1.54) is 5.56 Å². The molecule has 27 heavy (non-hydrogen) atoms. The zero-order chi connectivity index (χ0) is 18.8. The van der Waals surface area contributed by atoms with Gasteiger partial charge in [-0.25, -0.2) is 4.98 Å². The first-order chi connectivity index (χ1) is 13.1. The summed E-state index contributed by atoms with van der Waals surface area (Å²) >= 11 is 0. The van der Waals surface area contributed by atoms with Gasteiger partial charge in [-0.05, 0) is 43.7 Å². The molecule has 0 fully saturated rings. The van der Waals surface area contributed by atoms with Gasteiger partial charge in [0.15, 0.2) is 0 Å². The summed E-state index contributed by atoms with van der Waals surface area (Å²) in [5.41, 5.74) is 6.28. The van der Waals surface area contributed by atoms with Gasteiger partial charge in [0, 0.05) is 29.0 Å². The van der Waals surface area contributed by atoms with E-state index in [2.05, 4.69) is 42.3 Å². The van der Waals surface area contributed by atoms with E-state index in [1.807, 2.05) is 30.3 Å². The Morgan fingerprint density at radius 1 is 0.926 bits per heavy atom. The van der Waals surface area contributed by atoms with E-state index in [9.17, 15) is 4.79 Å². The van der Waals surface area contributed by atoms with Crippen molar-refractivity contribution >= 4 is 22.5 Å². The van der Waals surface area contributed by atoms with Crippen LogP contribution < -0.4 is 5.32 Å². The molecular formula is C23H19N3O. The summed E-state index contributed by atoms with van der Waals surface area (Å²) in [4.78, 5) is 21.8. The van der Waals surface area contributed by atoms with E-state index >= 15 is 0 Å². The molecule has 132 valence electrons. The summed E-state index contributed by atoms with van der Waals surface area (Å²) in [5, 5.41) is 3.78. The second-order valence-electron chi connectivity index (χ2n) is 6.58. The van der Waals surface area contributed by atoms with E-state index in [4.69, 9.17) is 4.98 Å². The predicted molar refractivity (Wildman–Crippen MR) is 109 cm³/mol. The third kappa shape index (κ3) is 3.42. The van der Waals surface area contributed by atoms with Gasteiger partial charge in [0.2, 0.25) is 0 Å². The van der Waals surface area contributed by atoms with Gasteiger partial charge in [-0.2, -0.15) is 0 Å². The Bertz CT molecular complexity index is 1140. The molecule has 0 aliphatic rings. The summed E-state index contributed by atoms with van der Waals surface area (Å²) in [6.07, 6.45) is 3.31. The third-order valence-electron chi connectivity index (χ3n) is 4.56. The fourth-order valence-corrected chi connectivity index (χ4v) is 3.24. The molecule has 4 aromatic rings. The second-order valence-corrected chi connectivity index (χ2v) is 6.58. The molecule has 2 aromatic heterocycles. The molecule has 0 saturated carbocycles. The molecule has 2 heterocycles. The summed E-state index contributed by atoms with van der Waals surface area (Å²) in [6.45, 7) is 4.13. The lowest BCUT2D eigenvalue weighted by molar-refractivity contribution is 0.102. The first kappa shape index (κ1) is 16.9. The first-order valence-corrected chi connectivity index (χ1v) is 8.80. The average Bonchev–Trinajstić information content (AvgIpc) is 2.68. The highest BCUT2D eigenvalue weighted by Crippen LogP contribution is 2.28. The van der Waals surface area contributed by atoms with Crippen LogP contribution in [-0.4, -0.2) is 15.9 Å². The van der Waals surface area contributed by atoms with Crippen LogP contribution in [-0.2, 0) is 0 Å². The Morgan fingerprint density at radius 3 is 2.48 bits per heavy atom. The van der Waals surface area contributed by atoms with Gasteiger partial charge in [0.05, 0.1) is 16.8 Å². The number of anilines is 1. The van der Waals surface area contributed by atoms with Crippen LogP contribution in [0.2, 0.25) is 0 Å². The van der Waals surface area contributed by atoms with Crippen LogP contribution in [0.1, 0.15) is 21.5 Å². The molecule has 1 amide bonds. The van der Waals surface area contributed by atoms with Crippen LogP contribution in [0, 0.1) is 13.8 Å². The summed E-state index contributed by atoms with van der Waals surface area (Å²) in [7, 11) is 0. The van der Waals surface area contributed by atoms with E-state index in [0.717, 1.165) is 27.7 Å². The quantitative estimate of drug-likeness (QED) is 0.553. The molecule has 0 spiro atoms. The minimum atomic E-state index is -0.161. The van der Waals surface area contributed by atoms with Crippen molar-refractivity contribution in [2.24, 2.45) is 0 Å². The van der Waals surface area contributed by atoms with E-state index in [0.29, 0.717) is 11.3 Å². The normalized spacial score (nSPS) is 10.7. The fourth-order valence-electron chi connectivity index (χ4n) is 3.24. The lowest BCUT2D eigenvalue weighted by Crippen LogP contribution is -2.13. The van der Waals surface area contributed by atoms with Gasteiger partial charge >= 0.3 is 0 Å². The second kappa shape index (κ2) is 7.00. The molecule has 0 saturated heterocycles. The number of fused-ring (bicyclic) bond motifs is 1. The Hall–Kier alpha value is -3.53. The Kier molecular flexibility index (Phi) is 4.38. The maximum atomic E-state index is 13.0. The molecule has 0 atom stereocenters. The van der Waals surface area contributed by atoms with Crippen LogP contribution in [0.3, 0.4) is 0 Å². The zero-order valence-corrected chi connectivity index (χ0v) is 15.2. The molecule has 0 aliphatic heterocycles. The number of carbonyl (C=O) groups excluding carboxylic acids is 1. The first-order valence-electron chi connectivity index (χ1n) is 8.80. The van der Waals surface area contributed by atoms with Gasteiger partial charge < -0.3 is 5.32 Å². The minimum absolute atomic E-state index is 0.161. The predicted octanol–water partition coefficient (Wildman–Crippen LogP) is 5.17. The molecule has 4 rings (SSSR count). The Balaban J connectivity index is 1.85. The van der Waals surface area contributed by atoms with Gasteiger partial charge in [-0.3, -0.25) is 9.78 Å². The van der Waals surface area contributed by atoms with Crippen molar-refractivity contribution in [2.75, 3.05) is 5.32 Å². The standard InChI is InChI=1S/C23H19N3O/c1-15-7-8-18(16(2)13-15)22-14-20(19-5-3-4-6-21(19)26-22)23(27)25-17-9-11-24-12-10-17/h3-14H,1-2H3,(H,24,25,27). The Morgan fingerprint density at radius 2 is 1.70 bits per heavy atom. The number of para-hydroxylation sites is 1. The lowest BCUT2D eigenvalue weighted by atomic mass is 9.99. The summed E-state index contributed by atoms with van der Waals surface area (Å²) in [5.74, 6) is -0.161. The number of pyridine rings is 2. The van der Waals surface area contributed by atoms with Crippen LogP contribution in [0.5, 0.6) is 0 Å². The smallest absolute Gasteiger partial charge is 0.256 e. The van der Waals surface area contributed by atoms with E-state index < -0.39 is 0 Å². The highest BCUT2D eigenvalue weighted by Gasteiger charge is 2.15. The summed E-state index contributed by atoms with van der Waals surface area (Å²) in [6, 6.07) is 19.4. The van der Waals surface area contributed by atoms with Crippen LogP contribution in [0.15, 0.2) is 73.1 Å². The van der Waals surface area contributed by atoms with Crippen molar-refractivity contribution in [3.8, 4) is 11.3 Å². The number of rotatable bonds is 3. The molecule has 2 aromatic carbocycles. The van der Waals surface area contributed by atoms with Crippen molar-refractivity contribution in [1.82, 2.24) is 9.97 Å². The van der Waals surface area contributed by atoms with Crippen LogP contribution in [0.4, 0.5) is 5.69 Å². The third-order valence-corrected chi connectivity index (χ3v) is 4.56. The highest BCUT2D eigenvalue weighted by atomic mass is 16.1.